The minimum Gasteiger partial charge on any atom is -0.378 e. The standard InChI is InChI=1S/C12H25NO3/c1-12(2,3)11(14)10-16-9-8-15-7-6-13(4)5/h6-10H2,1-5H3. The highest BCUT2D eigenvalue weighted by atomic mass is 16.5. The van der Waals surface area contributed by atoms with E-state index in [1.807, 2.05) is 34.9 Å². The van der Waals surface area contributed by atoms with Gasteiger partial charge in [-0.25, -0.2) is 0 Å². The lowest BCUT2D eigenvalue weighted by atomic mass is 9.91. The lowest BCUT2D eigenvalue weighted by molar-refractivity contribution is -0.131. The predicted molar refractivity (Wildman–Crippen MR) is 64.7 cm³/mol. The Bertz CT molecular complexity index is 197. The number of nitrogens with zero attached hydrogens (tertiary/aromatic N) is 1. The number of ether oxygens (including phenoxy) is 2. The van der Waals surface area contributed by atoms with E-state index in [1.165, 1.54) is 0 Å². The molecule has 0 saturated carbocycles. The second kappa shape index (κ2) is 7.76. The van der Waals surface area contributed by atoms with E-state index in [9.17, 15) is 4.79 Å². The van der Waals surface area contributed by atoms with Crippen molar-refractivity contribution in [1.82, 2.24) is 4.90 Å². The fraction of sp³-hybridized carbons (Fsp3) is 0.917. The highest BCUT2D eigenvalue weighted by molar-refractivity contribution is 5.84. The van der Waals surface area contributed by atoms with Crippen LogP contribution >= 0.6 is 0 Å². The van der Waals surface area contributed by atoms with E-state index in [4.69, 9.17) is 9.47 Å². The Kier molecular flexibility index (Phi) is 7.55. The van der Waals surface area contributed by atoms with Crippen LogP contribution in [-0.4, -0.2) is 57.8 Å². The molecular weight excluding hydrogens is 206 g/mol. The Morgan fingerprint density at radius 3 is 2.12 bits per heavy atom. The van der Waals surface area contributed by atoms with Gasteiger partial charge in [-0.15, -0.1) is 0 Å². The number of Topliss-reactive ketones (excluding diaryl/α,β-unsaturated/α-hetero) is 1. The van der Waals surface area contributed by atoms with Crippen LogP contribution in [0.15, 0.2) is 0 Å². The molecule has 0 rings (SSSR count). The molecule has 0 aliphatic carbocycles. The maximum atomic E-state index is 11.5. The van der Waals surface area contributed by atoms with Gasteiger partial charge in [0.05, 0.1) is 19.8 Å². The molecule has 0 aliphatic rings. The van der Waals surface area contributed by atoms with Crippen molar-refractivity contribution < 1.29 is 14.3 Å². The molecule has 96 valence electrons. The molecule has 0 fully saturated rings. The fourth-order valence-electron chi connectivity index (χ4n) is 0.848. The monoisotopic (exact) mass is 231 g/mol. The van der Waals surface area contributed by atoms with Crippen molar-refractivity contribution in [2.75, 3.05) is 47.1 Å². The second-order valence-corrected chi connectivity index (χ2v) is 5.14. The third kappa shape index (κ3) is 8.83. The van der Waals surface area contributed by atoms with Crippen molar-refractivity contribution in [1.29, 1.82) is 0 Å². The Labute approximate surface area is 98.9 Å². The summed E-state index contributed by atoms with van der Waals surface area (Å²) in [5, 5.41) is 0. The van der Waals surface area contributed by atoms with E-state index in [0.29, 0.717) is 19.8 Å². The van der Waals surface area contributed by atoms with Crippen molar-refractivity contribution in [2.45, 2.75) is 20.8 Å². The van der Waals surface area contributed by atoms with Gasteiger partial charge in [-0.2, -0.15) is 0 Å². The molecule has 0 atom stereocenters. The van der Waals surface area contributed by atoms with E-state index in [-0.39, 0.29) is 17.8 Å². The maximum Gasteiger partial charge on any atom is 0.163 e. The summed E-state index contributed by atoms with van der Waals surface area (Å²) in [5.41, 5.74) is -0.314. The maximum absolute atomic E-state index is 11.5. The lowest BCUT2D eigenvalue weighted by Crippen LogP contribution is -2.26. The predicted octanol–water partition coefficient (Wildman–Crippen LogP) is 1.20. The average molecular weight is 231 g/mol. The second-order valence-electron chi connectivity index (χ2n) is 5.14. The molecule has 0 aromatic heterocycles. The Balaban J connectivity index is 3.31. The Morgan fingerprint density at radius 1 is 1.06 bits per heavy atom. The van der Waals surface area contributed by atoms with Gasteiger partial charge >= 0.3 is 0 Å². The van der Waals surface area contributed by atoms with Gasteiger partial charge in [0, 0.05) is 12.0 Å². The first kappa shape index (κ1) is 15.6. The summed E-state index contributed by atoms with van der Waals surface area (Å²) < 4.78 is 10.6. The molecule has 4 heteroatoms. The molecule has 0 radical (unpaired) electrons. The van der Waals surface area contributed by atoms with Crippen LogP contribution in [0, 0.1) is 5.41 Å². The minimum absolute atomic E-state index is 0.126. The highest BCUT2D eigenvalue weighted by Crippen LogP contribution is 2.14. The van der Waals surface area contributed by atoms with Gasteiger partial charge in [0.2, 0.25) is 0 Å². The van der Waals surface area contributed by atoms with Gasteiger partial charge in [-0.05, 0) is 14.1 Å². The average Bonchev–Trinajstić information content (AvgIpc) is 2.14. The van der Waals surface area contributed by atoms with Gasteiger partial charge in [0.1, 0.15) is 6.61 Å². The number of carbonyl (C=O) groups is 1. The molecule has 0 saturated heterocycles. The van der Waals surface area contributed by atoms with Crippen LogP contribution in [0.5, 0.6) is 0 Å². The molecule has 0 aromatic rings. The van der Waals surface area contributed by atoms with Gasteiger partial charge < -0.3 is 14.4 Å². The summed E-state index contributed by atoms with van der Waals surface area (Å²) in [6.45, 7) is 8.50. The van der Waals surface area contributed by atoms with Crippen LogP contribution < -0.4 is 0 Å². The first-order valence-electron chi connectivity index (χ1n) is 5.67. The number of carbonyl (C=O) groups excluding carboxylic acids is 1. The zero-order chi connectivity index (χ0) is 12.6. The van der Waals surface area contributed by atoms with Gasteiger partial charge in [0.15, 0.2) is 5.78 Å². The Hall–Kier alpha value is -0.450. The number of ketones is 1. The summed E-state index contributed by atoms with van der Waals surface area (Å²) in [6.07, 6.45) is 0. The molecule has 0 heterocycles. The van der Waals surface area contributed by atoms with Crippen LogP contribution in [-0.2, 0) is 14.3 Å². The topological polar surface area (TPSA) is 38.8 Å². The van der Waals surface area contributed by atoms with Gasteiger partial charge in [-0.3, -0.25) is 4.79 Å². The highest BCUT2D eigenvalue weighted by Gasteiger charge is 2.20. The summed E-state index contributed by atoms with van der Waals surface area (Å²) in [7, 11) is 4.00. The van der Waals surface area contributed by atoms with E-state index in [2.05, 4.69) is 4.90 Å². The normalized spacial score (nSPS) is 12.1. The largest absolute Gasteiger partial charge is 0.378 e. The van der Waals surface area contributed by atoms with Crippen LogP contribution in [0.25, 0.3) is 0 Å². The molecule has 0 amide bonds. The molecule has 0 N–H and O–H groups in total. The van der Waals surface area contributed by atoms with Crippen LogP contribution in [0.4, 0.5) is 0 Å². The van der Waals surface area contributed by atoms with E-state index in [0.717, 1.165) is 6.54 Å². The van der Waals surface area contributed by atoms with Crippen LogP contribution in [0.2, 0.25) is 0 Å². The van der Waals surface area contributed by atoms with Crippen molar-refractivity contribution in [3.63, 3.8) is 0 Å². The van der Waals surface area contributed by atoms with E-state index >= 15 is 0 Å². The van der Waals surface area contributed by atoms with Crippen molar-refractivity contribution in [3.8, 4) is 0 Å². The van der Waals surface area contributed by atoms with E-state index < -0.39 is 0 Å². The van der Waals surface area contributed by atoms with Crippen LogP contribution in [0.1, 0.15) is 20.8 Å². The fourth-order valence-corrected chi connectivity index (χ4v) is 0.848. The van der Waals surface area contributed by atoms with Crippen molar-refractivity contribution in [3.05, 3.63) is 0 Å². The zero-order valence-corrected chi connectivity index (χ0v) is 11.2. The summed E-state index contributed by atoms with van der Waals surface area (Å²) in [4.78, 5) is 13.5. The third-order valence-electron chi connectivity index (χ3n) is 2.12. The lowest BCUT2D eigenvalue weighted by Gasteiger charge is -2.16. The zero-order valence-electron chi connectivity index (χ0n) is 11.2. The quantitative estimate of drug-likeness (QED) is 0.588. The number of likely N-dealkylation sites (N-methyl/N-ethyl adjacent to an activating group) is 1. The minimum atomic E-state index is -0.314. The first-order valence-corrected chi connectivity index (χ1v) is 5.67. The third-order valence-corrected chi connectivity index (χ3v) is 2.12. The molecule has 16 heavy (non-hydrogen) atoms. The molecule has 4 nitrogen and oxygen atoms in total. The molecular formula is C12H25NO3. The van der Waals surface area contributed by atoms with Crippen molar-refractivity contribution >= 4 is 5.78 Å². The SMILES string of the molecule is CN(C)CCOCCOCC(=O)C(C)(C)C. The van der Waals surface area contributed by atoms with Gasteiger partial charge in [0.25, 0.3) is 0 Å². The van der Waals surface area contributed by atoms with Crippen molar-refractivity contribution in [2.24, 2.45) is 5.41 Å². The number of hydrogen-bond donors (Lipinski definition) is 0. The van der Waals surface area contributed by atoms with Gasteiger partial charge in [-0.1, -0.05) is 20.8 Å². The molecule has 0 spiro atoms. The smallest absolute Gasteiger partial charge is 0.163 e. The van der Waals surface area contributed by atoms with Crippen LogP contribution in [0.3, 0.4) is 0 Å². The summed E-state index contributed by atoms with van der Waals surface area (Å²) in [6, 6.07) is 0. The molecule has 0 bridgehead atoms. The molecule has 0 unspecified atom stereocenters. The molecule has 0 aliphatic heterocycles. The molecule has 0 aromatic carbocycles. The number of rotatable bonds is 8. The summed E-state index contributed by atoms with van der Waals surface area (Å²) >= 11 is 0. The first-order chi connectivity index (χ1) is 7.34. The summed E-state index contributed by atoms with van der Waals surface area (Å²) in [5.74, 6) is 0.126. The Morgan fingerprint density at radius 2 is 1.62 bits per heavy atom. The number of hydrogen-bond acceptors (Lipinski definition) is 4. The van der Waals surface area contributed by atoms with E-state index in [1.54, 1.807) is 0 Å².